The molecule has 2 aromatic rings. The SMILES string of the molecule is CCNc1cnc(Cn2cccc([N+](=O)[O-])c2=O)cn1. The molecule has 2 rings (SSSR count). The predicted molar refractivity (Wildman–Crippen MR) is 72.7 cm³/mol. The van der Waals surface area contributed by atoms with E-state index in [0.29, 0.717) is 11.5 Å². The lowest BCUT2D eigenvalue weighted by molar-refractivity contribution is -0.386. The number of hydrogen-bond donors (Lipinski definition) is 1. The molecule has 2 aromatic heterocycles. The van der Waals surface area contributed by atoms with E-state index in [1.54, 1.807) is 6.20 Å². The van der Waals surface area contributed by atoms with E-state index in [1.807, 2.05) is 6.92 Å². The maximum atomic E-state index is 11.8. The molecule has 104 valence electrons. The molecular formula is C12H13N5O3. The summed E-state index contributed by atoms with van der Waals surface area (Å²) in [7, 11) is 0. The van der Waals surface area contributed by atoms with E-state index < -0.39 is 16.2 Å². The highest BCUT2D eigenvalue weighted by atomic mass is 16.6. The molecule has 8 nitrogen and oxygen atoms in total. The standard InChI is InChI=1S/C12H13N5O3/c1-2-13-11-7-14-9(6-15-11)8-16-5-3-4-10(12(16)18)17(19)20/h3-7H,2,8H2,1H3,(H,13,15). The molecule has 0 amide bonds. The number of nitrogens with one attached hydrogen (secondary N) is 1. The van der Waals surface area contributed by atoms with Gasteiger partial charge in [-0.15, -0.1) is 0 Å². The van der Waals surface area contributed by atoms with Crippen LogP contribution >= 0.6 is 0 Å². The number of nitro groups is 1. The van der Waals surface area contributed by atoms with Gasteiger partial charge in [-0.3, -0.25) is 19.9 Å². The van der Waals surface area contributed by atoms with E-state index >= 15 is 0 Å². The fourth-order valence-corrected chi connectivity index (χ4v) is 1.67. The van der Waals surface area contributed by atoms with Crippen molar-refractivity contribution in [2.45, 2.75) is 13.5 Å². The van der Waals surface area contributed by atoms with Gasteiger partial charge in [0.05, 0.1) is 29.6 Å². The summed E-state index contributed by atoms with van der Waals surface area (Å²) >= 11 is 0. The minimum absolute atomic E-state index is 0.139. The van der Waals surface area contributed by atoms with Crippen LogP contribution in [0.15, 0.2) is 35.5 Å². The number of pyridine rings is 1. The summed E-state index contributed by atoms with van der Waals surface area (Å²) in [6, 6.07) is 2.64. The van der Waals surface area contributed by atoms with Crippen molar-refractivity contribution >= 4 is 11.5 Å². The van der Waals surface area contributed by atoms with Gasteiger partial charge in [-0.25, -0.2) is 4.98 Å². The largest absolute Gasteiger partial charge is 0.369 e. The van der Waals surface area contributed by atoms with Crippen molar-refractivity contribution in [3.05, 3.63) is 56.9 Å². The van der Waals surface area contributed by atoms with E-state index in [0.717, 1.165) is 6.54 Å². The third kappa shape index (κ3) is 2.97. The first-order chi connectivity index (χ1) is 9.61. The van der Waals surface area contributed by atoms with Gasteiger partial charge in [-0.1, -0.05) is 0 Å². The average molecular weight is 275 g/mol. The third-order valence-electron chi connectivity index (χ3n) is 2.59. The molecule has 0 spiro atoms. The molecule has 0 aromatic carbocycles. The number of hydrogen-bond acceptors (Lipinski definition) is 6. The van der Waals surface area contributed by atoms with Crippen LogP contribution in [0.5, 0.6) is 0 Å². The number of aromatic nitrogens is 3. The quantitative estimate of drug-likeness (QED) is 0.645. The fourth-order valence-electron chi connectivity index (χ4n) is 1.67. The average Bonchev–Trinajstić information content (AvgIpc) is 2.43. The van der Waals surface area contributed by atoms with Gasteiger partial charge in [0.25, 0.3) is 0 Å². The van der Waals surface area contributed by atoms with Crippen LogP contribution in [0, 0.1) is 10.1 Å². The first kappa shape index (κ1) is 13.7. The molecule has 0 aliphatic heterocycles. The second-order valence-corrected chi connectivity index (χ2v) is 4.01. The van der Waals surface area contributed by atoms with E-state index in [2.05, 4.69) is 15.3 Å². The van der Waals surface area contributed by atoms with Crippen molar-refractivity contribution in [2.75, 3.05) is 11.9 Å². The summed E-state index contributed by atoms with van der Waals surface area (Å²) in [5.74, 6) is 0.641. The minimum atomic E-state index is -0.696. The zero-order valence-corrected chi connectivity index (χ0v) is 10.8. The molecule has 0 saturated carbocycles. The lowest BCUT2D eigenvalue weighted by Gasteiger charge is -2.06. The molecule has 0 unspecified atom stereocenters. The normalized spacial score (nSPS) is 10.2. The first-order valence-corrected chi connectivity index (χ1v) is 6.00. The van der Waals surface area contributed by atoms with Crippen LogP contribution in [-0.4, -0.2) is 26.0 Å². The van der Waals surface area contributed by atoms with E-state index in [4.69, 9.17) is 0 Å². The van der Waals surface area contributed by atoms with Crippen LogP contribution in [0.2, 0.25) is 0 Å². The minimum Gasteiger partial charge on any atom is -0.369 e. The van der Waals surface area contributed by atoms with E-state index in [1.165, 1.54) is 29.1 Å². The Hall–Kier alpha value is -2.77. The Balaban J connectivity index is 2.24. The summed E-state index contributed by atoms with van der Waals surface area (Å²) in [5.41, 5.74) is -0.561. The Bertz CT molecular complexity index is 666. The molecule has 8 heteroatoms. The van der Waals surface area contributed by atoms with Crippen molar-refractivity contribution in [1.82, 2.24) is 14.5 Å². The maximum absolute atomic E-state index is 11.8. The van der Waals surface area contributed by atoms with Crippen LogP contribution in [-0.2, 0) is 6.54 Å². The van der Waals surface area contributed by atoms with Crippen molar-refractivity contribution in [3.63, 3.8) is 0 Å². The smallest absolute Gasteiger partial charge is 0.334 e. The number of rotatable bonds is 5. The Kier molecular flexibility index (Phi) is 4.04. The van der Waals surface area contributed by atoms with Gasteiger partial charge in [0.1, 0.15) is 5.82 Å². The van der Waals surface area contributed by atoms with Gasteiger partial charge in [-0.05, 0) is 13.0 Å². The molecular weight excluding hydrogens is 262 g/mol. The van der Waals surface area contributed by atoms with Gasteiger partial charge in [-0.2, -0.15) is 0 Å². The van der Waals surface area contributed by atoms with Crippen LogP contribution in [0.3, 0.4) is 0 Å². The fraction of sp³-hybridized carbons (Fsp3) is 0.250. The Morgan fingerprint density at radius 2 is 2.20 bits per heavy atom. The summed E-state index contributed by atoms with van der Waals surface area (Å²) in [6.07, 6.45) is 4.57. The second kappa shape index (κ2) is 5.91. The Morgan fingerprint density at radius 3 is 2.80 bits per heavy atom. The lowest BCUT2D eigenvalue weighted by atomic mass is 10.3. The first-order valence-electron chi connectivity index (χ1n) is 6.00. The summed E-state index contributed by atoms with van der Waals surface area (Å²) in [5, 5.41) is 13.7. The zero-order chi connectivity index (χ0) is 14.5. The monoisotopic (exact) mass is 275 g/mol. The second-order valence-electron chi connectivity index (χ2n) is 4.01. The molecule has 1 N–H and O–H groups in total. The summed E-state index contributed by atoms with van der Waals surface area (Å²) in [6.45, 7) is 2.82. The molecule has 0 radical (unpaired) electrons. The van der Waals surface area contributed by atoms with Gasteiger partial charge >= 0.3 is 11.2 Å². The zero-order valence-electron chi connectivity index (χ0n) is 10.8. The Labute approximate surface area is 114 Å². The van der Waals surface area contributed by atoms with Gasteiger partial charge in [0, 0.05) is 18.8 Å². The van der Waals surface area contributed by atoms with Gasteiger partial charge in [0.2, 0.25) is 0 Å². The molecule has 0 atom stereocenters. The van der Waals surface area contributed by atoms with Crippen LogP contribution in [0.4, 0.5) is 11.5 Å². The molecule has 0 aliphatic carbocycles. The van der Waals surface area contributed by atoms with Crippen LogP contribution in [0.25, 0.3) is 0 Å². The van der Waals surface area contributed by atoms with Crippen LogP contribution in [0.1, 0.15) is 12.6 Å². The molecule has 0 fully saturated rings. The topological polar surface area (TPSA) is 103 Å². The van der Waals surface area contributed by atoms with Crippen molar-refractivity contribution in [3.8, 4) is 0 Å². The van der Waals surface area contributed by atoms with E-state index in [-0.39, 0.29) is 6.54 Å². The van der Waals surface area contributed by atoms with Crippen molar-refractivity contribution in [1.29, 1.82) is 0 Å². The van der Waals surface area contributed by atoms with Gasteiger partial charge < -0.3 is 9.88 Å². The highest BCUT2D eigenvalue weighted by molar-refractivity contribution is 5.30. The summed E-state index contributed by atoms with van der Waals surface area (Å²) < 4.78 is 1.23. The van der Waals surface area contributed by atoms with Gasteiger partial charge in [0.15, 0.2) is 0 Å². The van der Waals surface area contributed by atoms with E-state index in [9.17, 15) is 14.9 Å². The van der Waals surface area contributed by atoms with Crippen molar-refractivity contribution < 1.29 is 4.92 Å². The lowest BCUT2D eigenvalue weighted by Crippen LogP contribution is -2.22. The predicted octanol–water partition coefficient (Wildman–Crippen LogP) is 1.03. The molecule has 0 saturated heterocycles. The number of anilines is 1. The third-order valence-corrected chi connectivity index (χ3v) is 2.59. The molecule has 2 heterocycles. The molecule has 20 heavy (non-hydrogen) atoms. The Morgan fingerprint density at radius 1 is 1.40 bits per heavy atom. The number of nitrogens with zero attached hydrogens (tertiary/aromatic N) is 4. The van der Waals surface area contributed by atoms with Crippen molar-refractivity contribution in [2.24, 2.45) is 0 Å². The highest BCUT2D eigenvalue weighted by Gasteiger charge is 2.13. The van der Waals surface area contributed by atoms with Crippen LogP contribution < -0.4 is 10.9 Å². The highest BCUT2D eigenvalue weighted by Crippen LogP contribution is 2.05. The maximum Gasteiger partial charge on any atom is 0.334 e. The molecule has 0 bridgehead atoms. The summed E-state index contributed by atoms with van der Waals surface area (Å²) in [4.78, 5) is 30.1. The molecule has 0 aliphatic rings.